The van der Waals surface area contributed by atoms with Gasteiger partial charge in [0, 0.05) is 67.4 Å². The van der Waals surface area contributed by atoms with Crippen molar-refractivity contribution < 1.29 is 36.5 Å². The topological polar surface area (TPSA) is 95.9 Å². The number of alkyl halides is 3. The highest BCUT2D eigenvalue weighted by molar-refractivity contribution is 6.03. The second kappa shape index (κ2) is 12.5. The van der Waals surface area contributed by atoms with Crippen molar-refractivity contribution in [2.45, 2.75) is 63.1 Å². The van der Waals surface area contributed by atoms with Gasteiger partial charge < -0.3 is 25.0 Å². The molecule has 4 aromatic rings. The average Bonchev–Trinajstić information content (AvgIpc) is 3.77. The standard InChI is InChI=1S/C36H35F5N6O3/c1-2-25-28(37)6-3-20-13-23(48)14-26(29(20)25)31-30(38)32-27(15-42-31)33(47-16-21-4-5-22(17-47)43-21)45-34(44-32)49-19-35(9-10-35)18-46-11-7-24(8-12-46)50-36(39,40)41/h1,3,6,13-15,21-22,24,43,48H,4-5,7-12,16-19H2. The first-order valence-electron chi connectivity index (χ1n) is 16.9. The van der Waals surface area contributed by atoms with Crippen molar-refractivity contribution in [3.05, 3.63) is 47.7 Å². The molecule has 4 fully saturated rings. The summed E-state index contributed by atoms with van der Waals surface area (Å²) in [7, 11) is 0. The number of hydrogen-bond donors (Lipinski definition) is 2. The Bertz CT molecular complexity index is 2000. The monoisotopic (exact) mass is 694 g/mol. The van der Waals surface area contributed by atoms with Crippen molar-refractivity contribution in [2.75, 3.05) is 44.2 Å². The molecule has 3 saturated heterocycles. The van der Waals surface area contributed by atoms with Crippen LogP contribution in [0.5, 0.6) is 11.8 Å². The second-order valence-corrected chi connectivity index (χ2v) is 14.0. The van der Waals surface area contributed by atoms with Crippen molar-refractivity contribution in [1.29, 1.82) is 0 Å². The molecule has 5 heterocycles. The zero-order chi connectivity index (χ0) is 34.8. The number of phenolic OH excluding ortho intramolecular Hbond substituents is 1. The number of aromatic hydroxyl groups is 1. The van der Waals surface area contributed by atoms with Gasteiger partial charge in [-0.05, 0) is 62.1 Å². The lowest BCUT2D eigenvalue weighted by molar-refractivity contribution is -0.345. The molecule has 0 spiro atoms. The number of halogens is 5. The Hall–Kier alpha value is -4.32. The number of pyridine rings is 1. The third kappa shape index (κ3) is 6.38. The fraction of sp³-hybridized carbons (Fsp3) is 0.472. The number of fused-ring (bicyclic) bond motifs is 4. The molecular weight excluding hydrogens is 659 g/mol. The SMILES string of the molecule is C#Cc1c(F)ccc2cc(O)cc(-c3ncc4c(N5CC6CCC(C5)N6)nc(OCC5(CN6CCC(OC(F)(F)F)CC6)CC5)nc4c3F)c12. The Morgan fingerprint density at radius 3 is 2.46 bits per heavy atom. The third-order valence-electron chi connectivity index (χ3n) is 10.5. The van der Waals surface area contributed by atoms with E-state index in [0.717, 1.165) is 25.7 Å². The van der Waals surface area contributed by atoms with E-state index in [2.05, 4.69) is 35.7 Å². The molecule has 1 saturated carbocycles. The highest BCUT2D eigenvalue weighted by atomic mass is 19.4. The highest BCUT2D eigenvalue weighted by Gasteiger charge is 2.46. The van der Waals surface area contributed by atoms with Gasteiger partial charge in [0.1, 0.15) is 28.6 Å². The molecule has 3 aliphatic heterocycles. The van der Waals surface area contributed by atoms with Crippen molar-refractivity contribution in [1.82, 2.24) is 25.2 Å². The number of aromatic nitrogens is 3. The van der Waals surface area contributed by atoms with Crippen LogP contribution in [0, 0.1) is 29.4 Å². The fourth-order valence-electron chi connectivity index (χ4n) is 7.83. The number of piperazine rings is 1. The van der Waals surface area contributed by atoms with E-state index in [1.54, 1.807) is 0 Å². The summed E-state index contributed by atoms with van der Waals surface area (Å²) in [6.07, 6.45) is 6.05. The van der Waals surface area contributed by atoms with Gasteiger partial charge in [-0.1, -0.05) is 12.0 Å². The van der Waals surface area contributed by atoms with Crippen LogP contribution in [0.4, 0.5) is 27.8 Å². The lowest BCUT2D eigenvalue weighted by atomic mass is 9.96. The van der Waals surface area contributed by atoms with Gasteiger partial charge in [-0.3, -0.25) is 9.72 Å². The number of terminal acetylenes is 1. The zero-order valence-electron chi connectivity index (χ0n) is 27.1. The van der Waals surface area contributed by atoms with E-state index in [-0.39, 0.29) is 63.6 Å². The number of rotatable bonds is 8. The summed E-state index contributed by atoms with van der Waals surface area (Å²) in [5, 5.41) is 15.2. The van der Waals surface area contributed by atoms with Gasteiger partial charge in [0.05, 0.1) is 23.7 Å². The van der Waals surface area contributed by atoms with Crippen molar-refractivity contribution in [3.8, 4) is 35.4 Å². The van der Waals surface area contributed by atoms with E-state index in [0.29, 0.717) is 62.2 Å². The normalized spacial score (nSPS) is 22.3. The van der Waals surface area contributed by atoms with Crippen molar-refractivity contribution in [3.63, 3.8) is 0 Å². The van der Waals surface area contributed by atoms with Crippen molar-refractivity contribution >= 4 is 27.5 Å². The van der Waals surface area contributed by atoms with E-state index in [4.69, 9.17) is 16.1 Å². The molecule has 2 unspecified atom stereocenters. The Balaban J connectivity index is 1.12. The Labute approximate surface area is 284 Å². The van der Waals surface area contributed by atoms with Gasteiger partial charge in [-0.15, -0.1) is 19.6 Å². The van der Waals surface area contributed by atoms with Gasteiger partial charge in [0.25, 0.3) is 0 Å². The molecule has 9 nitrogen and oxygen atoms in total. The van der Waals surface area contributed by atoms with E-state index in [1.165, 1.54) is 30.5 Å². The van der Waals surface area contributed by atoms with E-state index in [9.17, 15) is 22.7 Å². The van der Waals surface area contributed by atoms with Crippen LogP contribution in [-0.2, 0) is 4.74 Å². The minimum atomic E-state index is -4.64. The third-order valence-corrected chi connectivity index (χ3v) is 10.5. The molecule has 2 N–H and O–H groups in total. The molecular formula is C36H35F5N6O3. The summed E-state index contributed by atoms with van der Waals surface area (Å²) >= 11 is 0. The van der Waals surface area contributed by atoms with Crippen LogP contribution in [0.2, 0.25) is 0 Å². The molecule has 14 heteroatoms. The fourth-order valence-corrected chi connectivity index (χ4v) is 7.83. The molecule has 2 aromatic carbocycles. The first kappa shape index (κ1) is 32.9. The molecule has 0 amide bonds. The summed E-state index contributed by atoms with van der Waals surface area (Å²) in [6, 6.07) is 5.91. The van der Waals surface area contributed by atoms with Gasteiger partial charge in [0.15, 0.2) is 5.82 Å². The summed E-state index contributed by atoms with van der Waals surface area (Å²) in [5.74, 6) is 1.23. The van der Waals surface area contributed by atoms with E-state index in [1.807, 2.05) is 0 Å². The largest absolute Gasteiger partial charge is 0.522 e. The van der Waals surface area contributed by atoms with Crippen molar-refractivity contribution in [2.24, 2.45) is 5.41 Å². The second-order valence-electron chi connectivity index (χ2n) is 14.0. The van der Waals surface area contributed by atoms with Gasteiger partial charge in [0.2, 0.25) is 0 Å². The van der Waals surface area contributed by atoms with Crippen LogP contribution in [0.1, 0.15) is 44.1 Å². The van der Waals surface area contributed by atoms with E-state index < -0.39 is 24.1 Å². The quantitative estimate of drug-likeness (QED) is 0.173. The molecule has 8 rings (SSSR count). The zero-order valence-corrected chi connectivity index (χ0v) is 27.1. The van der Waals surface area contributed by atoms with Crippen LogP contribution in [-0.4, -0.2) is 88.8 Å². The number of benzene rings is 2. The maximum absolute atomic E-state index is 16.8. The number of hydrogen-bond acceptors (Lipinski definition) is 9. The molecule has 2 bridgehead atoms. The number of ether oxygens (including phenoxy) is 2. The maximum Gasteiger partial charge on any atom is 0.522 e. The van der Waals surface area contributed by atoms with Crippen LogP contribution < -0.4 is 15.0 Å². The maximum atomic E-state index is 16.8. The minimum absolute atomic E-state index is 0.00545. The number of nitrogens with zero attached hydrogens (tertiary/aromatic N) is 5. The number of phenols is 1. The Morgan fingerprint density at radius 1 is 1.04 bits per heavy atom. The van der Waals surface area contributed by atoms with Crippen LogP contribution in [0.25, 0.3) is 32.9 Å². The van der Waals surface area contributed by atoms with E-state index >= 15 is 4.39 Å². The van der Waals surface area contributed by atoms with Gasteiger partial charge in [-0.25, -0.2) is 8.78 Å². The van der Waals surface area contributed by atoms with Crippen LogP contribution in [0.3, 0.4) is 0 Å². The highest BCUT2D eigenvalue weighted by Crippen LogP contribution is 2.47. The minimum Gasteiger partial charge on any atom is -0.508 e. The predicted molar refractivity (Wildman–Crippen MR) is 176 cm³/mol. The first-order valence-corrected chi connectivity index (χ1v) is 16.9. The lowest BCUT2D eigenvalue weighted by Crippen LogP contribution is -2.51. The molecule has 2 atom stereocenters. The average molecular weight is 695 g/mol. The first-order chi connectivity index (χ1) is 24.0. The Kier molecular flexibility index (Phi) is 8.20. The molecule has 1 aliphatic carbocycles. The van der Waals surface area contributed by atoms with Gasteiger partial charge >= 0.3 is 12.4 Å². The van der Waals surface area contributed by atoms with Crippen LogP contribution >= 0.6 is 0 Å². The lowest BCUT2D eigenvalue weighted by Gasteiger charge is -2.35. The molecule has 50 heavy (non-hydrogen) atoms. The molecule has 2 aromatic heterocycles. The Morgan fingerprint density at radius 2 is 1.78 bits per heavy atom. The number of nitrogens with one attached hydrogen (secondary N) is 1. The molecule has 4 aliphatic rings. The van der Waals surface area contributed by atoms with Crippen LogP contribution in [0.15, 0.2) is 30.5 Å². The predicted octanol–water partition coefficient (Wildman–Crippen LogP) is 5.91. The summed E-state index contributed by atoms with van der Waals surface area (Å²) in [6.45, 7) is 3.19. The summed E-state index contributed by atoms with van der Waals surface area (Å²) in [4.78, 5) is 18.1. The number of anilines is 1. The molecule has 0 radical (unpaired) electrons. The summed E-state index contributed by atoms with van der Waals surface area (Å²) in [5.41, 5.74) is -0.367. The smallest absolute Gasteiger partial charge is 0.508 e. The van der Waals surface area contributed by atoms with Gasteiger partial charge in [-0.2, -0.15) is 9.97 Å². The number of piperidine rings is 1. The summed E-state index contributed by atoms with van der Waals surface area (Å²) < 4.78 is 80.2. The number of likely N-dealkylation sites (tertiary alicyclic amines) is 1. The molecule has 262 valence electrons.